The van der Waals surface area contributed by atoms with Crippen LogP contribution < -0.4 is 0 Å². The Kier molecular flexibility index (Phi) is 4.06. The van der Waals surface area contributed by atoms with E-state index in [1.165, 1.54) is 5.57 Å². The fraction of sp³-hybridized carbons (Fsp3) is 0.667. The highest BCUT2D eigenvalue weighted by Gasteiger charge is 2.34. The molecule has 0 heterocycles. The molecule has 15 heavy (non-hydrogen) atoms. The maximum absolute atomic E-state index is 11.6. The number of carboxylic acid groups (broad SMARTS) is 1. The van der Waals surface area contributed by atoms with Crippen molar-refractivity contribution < 1.29 is 14.7 Å². The fourth-order valence-corrected chi connectivity index (χ4v) is 2.13. The van der Waals surface area contributed by atoms with Gasteiger partial charge in [0.2, 0.25) is 0 Å². The molecule has 1 fully saturated rings. The van der Waals surface area contributed by atoms with Crippen molar-refractivity contribution in [3.63, 3.8) is 0 Å². The number of hydrogen-bond donors (Lipinski definition) is 1. The number of carbonyl (C=O) groups excluding carboxylic acids is 1. The zero-order valence-corrected chi connectivity index (χ0v) is 9.32. The van der Waals surface area contributed by atoms with Gasteiger partial charge in [-0.25, -0.2) is 0 Å². The molecular formula is C12H18O3. The molecule has 0 bridgehead atoms. The van der Waals surface area contributed by atoms with Crippen LogP contribution in [0, 0.1) is 11.8 Å². The monoisotopic (exact) mass is 210 g/mol. The van der Waals surface area contributed by atoms with E-state index in [1.54, 1.807) is 0 Å². The van der Waals surface area contributed by atoms with E-state index in [9.17, 15) is 9.59 Å². The summed E-state index contributed by atoms with van der Waals surface area (Å²) in [5.74, 6) is -0.572. The Bertz CT molecular complexity index is 287. The fourth-order valence-electron chi connectivity index (χ4n) is 2.13. The van der Waals surface area contributed by atoms with Gasteiger partial charge < -0.3 is 5.11 Å². The van der Waals surface area contributed by atoms with E-state index >= 15 is 0 Å². The first-order chi connectivity index (χ1) is 7.00. The van der Waals surface area contributed by atoms with Crippen LogP contribution in [0.3, 0.4) is 0 Å². The van der Waals surface area contributed by atoms with E-state index in [4.69, 9.17) is 5.11 Å². The van der Waals surface area contributed by atoms with E-state index in [2.05, 4.69) is 0 Å². The van der Waals surface area contributed by atoms with Crippen molar-refractivity contribution in [2.75, 3.05) is 0 Å². The predicted molar refractivity (Wildman–Crippen MR) is 57.5 cm³/mol. The Morgan fingerprint density at radius 2 is 2.20 bits per heavy atom. The Hall–Kier alpha value is -1.12. The Labute approximate surface area is 90.2 Å². The molecule has 0 radical (unpaired) electrons. The normalized spacial score (nSPS) is 25.3. The SMILES string of the molecule is CC(C)=CCC1C(=O)CCC1CC(=O)O. The molecule has 2 atom stereocenters. The Morgan fingerprint density at radius 3 is 2.73 bits per heavy atom. The van der Waals surface area contributed by atoms with Crippen molar-refractivity contribution in [1.29, 1.82) is 0 Å². The number of ketones is 1. The van der Waals surface area contributed by atoms with Gasteiger partial charge in [-0.3, -0.25) is 9.59 Å². The lowest BCUT2D eigenvalue weighted by atomic mass is 9.89. The van der Waals surface area contributed by atoms with Crippen LogP contribution >= 0.6 is 0 Å². The molecule has 0 spiro atoms. The summed E-state index contributed by atoms with van der Waals surface area (Å²) < 4.78 is 0. The molecule has 84 valence electrons. The third-order valence-corrected chi connectivity index (χ3v) is 2.96. The smallest absolute Gasteiger partial charge is 0.303 e. The molecule has 0 aromatic carbocycles. The molecule has 0 aromatic rings. The molecule has 1 aliphatic rings. The summed E-state index contributed by atoms with van der Waals surface area (Å²) in [6, 6.07) is 0. The van der Waals surface area contributed by atoms with Gasteiger partial charge in [-0.2, -0.15) is 0 Å². The summed E-state index contributed by atoms with van der Waals surface area (Å²) in [5.41, 5.74) is 1.18. The standard InChI is InChI=1S/C12H18O3/c1-8(2)3-5-10-9(7-12(14)15)4-6-11(10)13/h3,9-10H,4-7H2,1-2H3,(H,14,15). The quantitative estimate of drug-likeness (QED) is 0.725. The van der Waals surface area contributed by atoms with Crippen LogP contribution in [0.1, 0.15) is 39.5 Å². The van der Waals surface area contributed by atoms with Gasteiger partial charge in [0.15, 0.2) is 0 Å². The number of rotatable bonds is 4. The number of allylic oxidation sites excluding steroid dienone is 2. The lowest BCUT2D eigenvalue weighted by Crippen LogP contribution is -2.17. The highest BCUT2D eigenvalue weighted by atomic mass is 16.4. The third-order valence-electron chi connectivity index (χ3n) is 2.96. The summed E-state index contributed by atoms with van der Waals surface area (Å²) in [4.78, 5) is 22.2. The minimum atomic E-state index is -0.795. The van der Waals surface area contributed by atoms with E-state index < -0.39 is 5.97 Å². The van der Waals surface area contributed by atoms with Crippen molar-refractivity contribution in [1.82, 2.24) is 0 Å². The van der Waals surface area contributed by atoms with Crippen LogP contribution in [0.15, 0.2) is 11.6 Å². The van der Waals surface area contributed by atoms with E-state index in [0.29, 0.717) is 12.8 Å². The Balaban J connectivity index is 2.60. The van der Waals surface area contributed by atoms with Gasteiger partial charge >= 0.3 is 5.97 Å². The number of aliphatic carboxylic acids is 1. The van der Waals surface area contributed by atoms with Crippen LogP contribution in [0.25, 0.3) is 0 Å². The molecule has 1 aliphatic carbocycles. The number of Topliss-reactive ketones (excluding diaryl/α,β-unsaturated/α-hetero) is 1. The van der Waals surface area contributed by atoms with Crippen molar-refractivity contribution >= 4 is 11.8 Å². The second kappa shape index (κ2) is 5.10. The van der Waals surface area contributed by atoms with Gasteiger partial charge in [-0.1, -0.05) is 11.6 Å². The molecule has 0 amide bonds. The van der Waals surface area contributed by atoms with Crippen molar-refractivity contribution in [3.8, 4) is 0 Å². The summed E-state index contributed by atoms with van der Waals surface area (Å²) in [6.07, 6.45) is 4.17. The molecule has 1 saturated carbocycles. The molecule has 3 nitrogen and oxygen atoms in total. The lowest BCUT2D eigenvalue weighted by molar-refractivity contribution is -0.138. The molecule has 3 heteroatoms. The second-order valence-corrected chi connectivity index (χ2v) is 4.49. The zero-order chi connectivity index (χ0) is 11.4. The molecule has 1 N–H and O–H groups in total. The maximum Gasteiger partial charge on any atom is 0.303 e. The number of carbonyl (C=O) groups is 2. The summed E-state index contributed by atoms with van der Waals surface area (Å²) in [5, 5.41) is 8.73. The van der Waals surface area contributed by atoms with E-state index in [1.807, 2.05) is 19.9 Å². The van der Waals surface area contributed by atoms with Gasteiger partial charge in [0, 0.05) is 18.8 Å². The van der Waals surface area contributed by atoms with Crippen molar-refractivity contribution in [2.45, 2.75) is 39.5 Å². The topological polar surface area (TPSA) is 54.4 Å². The molecular weight excluding hydrogens is 192 g/mol. The summed E-state index contributed by atoms with van der Waals surface area (Å²) in [7, 11) is 0. The van der Waals surface area contributed by atoms with E-state index in [0.717, 1.165) is 6.42 Å². The average Bonchev–Trinajstić information content (AvgIpc) is 2.43. The molecule has 2 unspecified atom stereocenters. The summed E-state index contributed by atoms with van der Waals surface area (Å²) >= 11 is 0. The van der Waals surface area contributed by atoms with Crippen molar-refractivity contribution in [3.05, 3.63) is 11.6 Å². The zero-order valence-electron chi connectivity index (χ0n) is 9.32. The first-order valence-corrected chi connectivity index (χ1v) is 5.38. The highest BCUT2D eigenvalue weighted by molar-refractivity contribution is 5.84. The average molecular weight is 210 g/mol. The van der Waals surface area contributed by atoms with Gasteiger partial charge in [-0.15, -0.1) is 0 Å². The van der Waals surface area contributed by atoms with Gasteiger partial charge in [0.05, 0.1) is 0 Å². The van der Waals surface area contributed by atoms with Gasteiger partial charge in [-0.05, 0) is 32.6 Å². The predicted octanol–water partition coefficient (Wildman–Crippen LogP) is 2.41. The first kappa shape index (κ1) is 12.0. The van der Waals surface area contributed by atoms with Crippen LogP contribution in [0.4, 0.5) is 0 Å². The largest absolute Gasteiger partial charge is 0.481 e. The Morgan fingerprint density at radius 1 is 1.53 bits per heavy atom. The van der Waals surface area contributed by atoms with E-state index in [-0.39, 0.29) is 24.0 Å². The minimum absolute atomic E-state index is 0.0469. The van der Waals surface area contributed by atoms with Gasteiger partial charge in [0.1, 0.15) is 5.78 Å². The van der Waals surface area contributed by atoms with Crippen LogP contribution in [-0.4, -0.2) is 16.9 Å². The van der Waals surface area contributed by atoms with Crippen LogP contribution in [-0.2, 0) is 9.59 Å². The van der Waals surface area contributed by atoms with Crippen LogP contribution in [0.5, 0.6) is 0 Å². The molecule has 0 saturated heterocycles. The second-order valence-electron chi connectivity index (χ2n) is 4.49. The first-order valence-electron chi connectivity index (χ1n) is 5.38. The van der Waals surface area contributed by atoms with Crippen molar-refractivity contribution in [2.24, 2.45) is 11.8 Å². The molecule has 0 aliphatic heterocycles. The third kappa shape index (κ3) is 3.50. The number of carboxylic acids is 1. The maximum atomic E-state index is 11.6. The lowest BCUT2D eigenvalue weighted by Gasteiger charge is -2.14. The summed E-state index contributed by atoms with van der Waals surface area (Å²) in [6.45, 7) is 3.98. The van der Waals surface area contributed by atoms with Crippen LogP contribution in [0.2, 0.25) is 0 Å². The number of hydrogen-bond acceptors (Lipinski definition) is 2. The highest BCUT2D eigenvalue weighted by Crippen LogP contribution is 2.34. The molecule has 1 rings (SSSR count). The minimum Gasteiger partial charge on any atom is -0.481 e. The van der Waals surface area contributed by atoms with Gasteiger partial charge in [0.25, 0.3) is 0 Å². The molecule has 0 aromatic heterocycles.